The van der Waals surface area contributed by atoms with Gasteiger partial charge in [0.1, 0.15) is 18.2 Å². The summed E-state index contributed by atoms with van der Waals surface area (Å²) in [7, 11) is 0. The van der Waals surface area contributed by atoms with E-state index in [-0.39, 0.29) is 17.7 Å². The number of rotatable bonds is 4. The predicted molar refractivity (Wildman–Crippen MR) is 76.8 cm³/mol. The van der Waals surface area contributed by atoms with Gasteiger partial charge in [0.2, 0.25) is 0 Å². The molecule has 0 saturated heterocycles. The number of aromatic carboxylic acids is 1. The van der Waals surface area contributed by atoms with Gasteiger partial charge in [-0.15, -0.1) is 0 Å². The number of hydrogen-bond donors (Lipinski definition) is 1. The van der Waals surface area contributed by atoms with Gasteiger partial charge in [-0.1, -0.05) is 27.5 Å². The Balaban J connectivity index is 2.20. The lowest BCUT2D eigenvalue weighted by atomic mass is 10.1. The number of hydrogen-bond acceptors (Lipinski definition) is 2. The summed E-state index contributed by atoms with van der Waals surface area (Å²) in [4.78, 5) is 10.8. The van der Waals surface area contributed by atoms with E-state index >= 15 is 0 Å². The van der Waals surface area contributed by atoms with Crippen LogP contribution in [-0.4, -0.2) is 11.1 Å². The Labute approximate surface area is 128 Å². The molecule has 2 rings (SSSR count). The van der Waals surface area contributed by atoms with Crippen LogP contribution in [0.2, 0.25) is 5.02 Å². The van der Waals surface area contributed by atoms with Gasteiger partial charge in [0, 0.05) is 10.0 Å². The first-order valence-corrected chi connectivity index (χ1v) is 6.74. The fourth-order valence-corrected chi connectivity index (χ4v) is 2.07. The lowest BCUT2D eigenvalue weighted by Crippen LogP contribution is -2.03. The van der Waals surface area contributed by atoms with Crippen LogP contribution >= 0.6 is 27.5 Å². The number of halogens is 3. The topological polar surface area (TPSA) is 46.5 Å². The van der Waals surface area contributed by atoms with Crippen molar-refractivity contribution in [2.75, 3.05) is 0 Å². The van der Waals surface area contributed by atoms with Crippen LogP contribution in [-0.2, 0) is 6.61 Å². The van der Waals surface area contributed by atoms with Crippen LogP contribution in [0.5, 0.6) is 5.75 Å². The molecule has 0 heterocycles. The smallest absolute Gasteiger partial charge is 0.335 e. The molecule has 3 nitrogen and oxygen atoms in total. The Bertz CT molecular complexity index is 661. The SMILES string of the molecule is O=C(O)c1ccc(F)c(COc2cc(Br)ccc2Cl)c1. The molecule has 1 N–H and O–H groups in total. The summed E-state index contributed by atoms with van der Waals surface area (Å²) >= 11 is 9.23. The molecule has 0 aliphatic heterocycles. The van der Waals surface area contributed by atoms with Crippen LogP contribution < -0.4 is 4.74 Å². The largest absolute Gasteiger partial charge is 0.487 e. The molecule has 0 aliphatic rings. The van der Waals surface area contributed by atoms with Crippen LogP contribution in [0.25, 0.3) is 0 Å². The number of ether oxygens (including phenoxy) is 1. The standard InChI is InChI=1S/C14H9BrClFO3/c15-10-2-3-11(16)13(6-10)20-7-9-5-8(14(18)19)1-4-12(9)17/h1-6H,7H2,(H,18,19). The maximum atomic E-state index is 13.6. The molecule has 0 radical (unpaired) electrons. The van der Waals surface area contributed by atoms with E-state index < -0.39 is 11.8 Å². The third-order valence-electron chi connectivity index (χ3n) is 2.57. The molecule has 0 fully saturated rings. The Morgan fingerprint density at radius 2 is 2.05 bits per heavy atom. The zero-order chi connectivity index (χ0) is 14.7. The Hall–Kier alpha value is -1.59. The van der Waals surface area contributed by atoms with Crippen molar-refractivity contribution in [3.8, 4) is 5.75 Å². The average Bonchev–Trinajstić information content (AvgIpc) is 2.41. The van der Waals surface area contributed by atoms with E-state index in [0.717, 1.165) is 10.5 Å². The molecular formula is C14H9BrClFO3. The fraction of sp³-hybridized carbons (Fsp3) is 0.0714. The van der Waals surface area contributed by atoms with Crippen LogP contribution in [0.3, 0.4) is 0 Å². The normalized spacial score (nSPS) is 10.3. The minimum absolute atomic E-state index is 0.00494. The van der Waals surface area contributed by atoms with Gasteiger partial charge >= 0.3 is 5.97 Å². The summed E-state index contributed by atoms with van der Waals surface area (Å²) in [5.74, 6) is -1.26. The maximum absolute atomic E-state index is 13.6. The summed E-state index contributed by atoms with van der Waals surface area (Å²) in [5.41, 5.74) is 0.159. The van der Waals surface area contributed by atoms with Gasteiger partial charge in [0.25, 0.3) is 0 Å². The van der Waals surface area contributed by atoms with Crippen molar-refractivity contribution < 1.29 is 19.0 Å². The van der Waals surface area contributed by atoms with E-state index in [1.165, 1.54) is 12.1 Å². The van der Waals surface area contributed by atoms with Gasteiger partial charge in [0.05, 0.1) is 10.6 Å². The molecule has 0 bridgehead atoms. The third kappa shape index (κ3) is 3.49. The van der Waals surface area contributed by atoms with E-state index in [0.29, 0.717) is 10.8 Å². The zero-order valence-electron chi connectivity index (χ0n) is 10.1. The summed E-state index contributed by atoms with van der Waals surface area (Å²) in [6.07, 6.45) is 0. The molecule has 0 spiro atoms. The van der Waals surface area contributed by atoms with Crippen LogP contribution in [0.1, 0.15) is 15.9 Å². The van der Waals surface area contributed by atoms with E-state index in [1.807, 2.05) is 0 Å². The van der Waals surface area contributed by atoms with Gasteiger partial charge < -0.3 is 9.84 Å². The second-order valence-electron chi connectivity index (χ2n) is 3.97. The second-order valence-corrected chi connectivity index (χ2v) is 5.30. The molecule has 20 heavy (non-hydrogen) atoms. The van der Waals surface area contributed by atoms with Crippen molar-refractivity contribution in [2.24, 2.45) is 0 Å². The van der Waals surface area contributed by atoms with E-state index in [4.69, 9.17) is 21.4 Å². The van der Waals surface area contributed by atoms with E-state index in [9.17, 15) is 9.18 Å². The molecule has 0 aromatic heterocycles. The molecule has 0 atom stereocenters. The van der Waals surface area contributed by atoms with E-state index in [2.05, 4.69) is 15.9 Å². The van der Waals surface area contributed by atoms with Crippen molar-refractivity contribution >= 4 is 33.5 Å². The first-order chi connectivity index (χ1) is 9.47. The molecule has 0 amide bonds. The quantitative estimate of drug-likeness (QED) is 0.873. The highest BCUT2D eigenvalue weighted by atomic mass is 79.9. The third-order valence-corrected chi connectivity index (χ3v) is 3.37. The molecule has 0 saturated carbocycles. The Kier molecular flexibility index (Phi) is 4.62. The Morgan fingerprint density at radius 1 is 1.30 bits per heavy atom. The molecule has 6 heteroatoms. The molecular weight excluding hydrogens is 351 g/mol. The lowest BCUT2D eigenvalue weighted by molar-refractivity contribution is 0.0696. The summed E-state index contributed by atoms with van der Waals surface area (Å²) < 4.78 is 19.8. The van der Waals surface area contributed by atoms with Crippen molar-refractivity contribution in [2.45, 2.75) is 6.61 Å². The van der Waals surface area contributed by atoms with Gasteiger partial charge in [-0.3, -0.25) is 0 Å². The maximum Gasteiger partial charge on any atom is 0.335 e. The summed E-state index contributed by atoms with van der Waals surface area (Å²) in [6, 6.07) is 8.59. The highest BCUT2D eigenvalue weighted by Gasteiger charge is 2.10. The molecule has 2 aromatic rings. The second kappa shape index (κ2) is 6.24. The predicted octanol–water partition coefficient (Wildman–Crippen LogP) is 4.52. The summed E-state index contributed by atoms with van der Waals surface area (Å²) in [5, 5.41) is 9.27. The van der Waals surface area contributed by atoms with Crippen molar-refractivity contribution in [1.29, 1.82) is 0 Å². The molecule has 104 valence electrons. The van der Waals surface area contributed by atoms with Gasteiger partial charge in [-0.2, -0.15) is 0 Å². The van der Waals surface area contributed by atoms with Gasteiger partial charge in [-0.05, 0) is 36.4 Å². The first kappa shape index (κ1) is 14.8. The van der Waals surface area contributed by atoms with Crippen LogP contribution in [0.4, 0.5) is 4.39 Å². The lowest BCUT2D eigenvalue weighted by Gasteiger charge is -2.09. The minimum atomic E-state index is -1.12. The molecule has 0 aliphatic carbocycles. The highest BCUT2D eigenvalue weighted by molar-refractivity contribution is 9.10. The molecule has 2 aromatic carbocycles. The minimum Gasteiger partial charge on any atom is -0.487 e. The van der Waals surface area contributed by atoms with E-state index in [1.54, 1.807) is 18.2 Å². The van der Waals surface area contributed by atoms with Crippen LogP contribution in [0, 0.1) is 5.82 Å². The van der Waals surface area contributed by atoms with Gasteiger partial charge in [0.15, 0.2) is 0 Å². The zero-order valence-corrected chi connectivity index (χ0v) is 12.4. The number of benzene rings is 2. The van der Waals surface area contributed by atoms with Crippen LogP contribution in [0.15, 0.2) is 40.9 Å². The molecule has 0 unspecified atom stereocenters. The highest BCUT2D eigenvalue weighted by Crippen LogP contribution is 2.28. The van der Waals surface area contributed by atoms with Gasteiger partial charge in [-0.25, -0.2) is 9.18 Å². The number of carboxylic acids is 1. The monoisotopic (exact) mass is 358 g/mol. The summed E-state index contributed by atoms with van der Waals surface area (Å²) in [6.45, 7) is -0.108. The van der Waals surface area contributed by atoms with Crippen molar-refractivity contribution in [3.63, 3.8) is 0 Å². The number of carboxylic acid groups (broad SMARTS) is 1. The first-order valence-electron chi connectivity index (χ1n) is 5.57. The fourth-order valence-electron chi connectivity index (χ4n) is 1.56. The van der Waals surface area contributed by atoms with Crippen molar-refractivity contribution in [3.05, 3.63) is 62.8 Å². The van der Waals surface area contributed by atoms with Crippen molar-refractivity contribution in [1.82, 2.24) is 0 Å². The average molecular weight is 360 g/mol. The Morgan fingerprint density at radius 3 is 2.75 bits per heavy atom. The number of carbonyl (C=O) groups is 1.